The van der Waals surface area contributed by atoms with E-state index < -0.39 is 0 Å². The highest BCUT2D eigenvalue weighted by atomic mass is 19.1. The molecule has 0 saturated heterocycles. The topological polar surface area (TPSA) is 32.3 Å². The molecule has 1 atom stereocenters. The third-order valence-electron chi connectivity index (χ3n) is 4.05. The molecule has 1 amide bonds. The van der Waals surface area contributed by atoms with Crippen LogP contribution in [0.2, 0.25) is 0 Å². The number of hydrogen-bond donors (Lipinski definition) is 1. The lowest BCUT2D eigenvalue weighted by Gasteiger charge is -2.26. The van der Waals surface area contributed by atoms with Gasteiger partial charge >= 0.3 is 0 Å². The summed E-state index contributed by atoms with van der Waals surface area (Å²) in [5, 5.41) is 2.98. The molecule has 2 aromatic rings. The molecule has 0 radical (unpaired) electrons. The average Bonchev–Trinajstić information content (AvgIpc) is 2.55. The highest BCUT2D eigenvalue weighted by Gasteiger charge is 2.16. The van der Waals surface area contributed by atoms with E-state index in [4.69, 9.17) is 0 Å². The minimum Gasteiger partial charge on any atom is -0.348 e. The molecule has 0 aliphatic carbocycles. The summed E-state index contributed by atoms with van der Waals surface area (Å²) in [6.45, 7) is 7.14. The Kier molecular flexibility index (Phi) is 6.50. The predicted octanol–water partition coefficient (Wildman–Crippen LogP) is 3.91. The zero-order valence-corrected chi connectivity index (χ0v) is 14.5. The van der Waals surface area contributed by atoms with Crippen molar-refractivity contribution >= 4 is 5.91 Å². The molecule has 0 heterocycles. The van der Waals surface area contributed by atoms with Gasteiger partial charge < -0.3 is 5.32 Å². The van der Waals surface area contributed by atoms with Gasteiger partial charge in [-0.05, 0) is 44.0 Å². The standard InChI is InChI=1S/C20H25FN2O/c1-15(2)23(13-17-7-5-4-6-8-17)14-20(24)22-16(3)18-9-11-19(21)12-10-18/h4-12,15-16H,13-14H2,1-3H3,(H,22,24). The number of rotatable bonds is 7. The summed E-state index contributed by atoms with van der Waals surface area (Å²) in [5.74, 6) is -0.303. The number of nitrogens with zero attached hydrogens (tertiary/aromatic N) is 1. The fourth-order valence-electron chi connectivity index (χ4n) is 2.55. The van der Waals surface area contributed by atoms with E-state index in [0.29, 0.717) is 6.54 Å². The van der Waals surface area contributed by atoms with Gasteiger partial charge in [-0.2, -0.15) is 0 Å². The van der Waals surface area contributed by atoms with E-state index >= 15 is 0 Å². The van der Waals surface area contributed by atoms with Crippen LogP contribution in [0, 0.1) is 5.82 Å². The molecule has 2 rings (SSSR count). The van der Waals surface area contributed by atoms with Crippen LogP contribution in [-0.2, 0) is 11.3 Å². The molecule has 24 heavy (non-hydrogen) atoms. The molecular formula is C20H25FN2O. The SMILES string of the molecule is CC(NC(=O)CN(Cc1ccccc1)C(C)C)c1ccc(F)cc1. The number of nitrogens with one attached hydrogen (secondary N) is 1. The van der Waals surface area contributed by atoms with Crippen LogP contribution in [0.25, 0.3) is 0 Å². The maximum Gasteiger partial charge on any atom is 0.234 e. The summed E-state index contributed by atoms with van der Waals surface area (Å²) in [7, 11) is 0. The van der Waals surface area contributed by atoms with Crippen molar-refractivity contribution in [3.05, 3.63) is 71.5 Å². The van der Waals surface area contributed by atoms with Gasteiger partial charge in [0.15, 0.2) is 0 Å². The Labute approximate surface area is 143 Å². The molecule has 128 valence electrons. The molecular weight excluding hydrogens is 303 g/mol. The number of carbonyl (C=O) groups is 1. The van der Waals surface area contributed by atoms with Crippen molar-refractivity contribution in [2.24, 2.45) is 0 Å². The van der Waals surface area contributed by atoms with Crippen LogP contribution in [0.15, 0.2) is 54.6 Å². The molecule has 0 bridgehead atoms. The van der Waals surface area contributed by atoms with Gasteiger partial charge in [0.2, 0.25) is 5.91 Å². The first-order valence-electron chi connectivity index (χ1n) is 8.28. The molecule has 4 heteroatoms. The normalized spacial score (nSPS) is 12.4. The Morgan fingerprint density at radius 3 is 2.25 bits per heavy atom. The zero-order valence-electron chi connectivity index (χ0n) is 14.5. The third-order valence-corrected chi connectivity index (χ3v) is 4.05. The number of amides is 1. The van der Waals surface area contributed by atoms with E-state index in [1.54, 1.807) is 12.1 Å². The van der Waals surface area contributed by atoms with Gasteiger partial charge in [-0.1, -0.05) is 42.5 Å². The van der Waals surface area contributed by atoms with Crippen molar-refractivity contribution in [2.45, 2.75) is 39.4 Å². The number of hydrogen-bond acceptors (Lipinski definition) is 2. The van der Waals surface area contributed by atoms with E-state index in [0.717, 1.165) is 12.1 Å². The van der Waals surface area contributed by atoms with Gasteiger partial charge in [0.1, 0.15) is 5.82 Å². The van der Waals surface area contributed by atoms with Crippen LogP contribution < -0.4 is 5.32 Å². The Bertz CT molecular complexity index is 640. The zero-order chi connectivity index (χ0) is 17.5. The van der Waals surface area contributed by atoms with E-state index in [9.17, 15) is 9.18 Å². The van der Waals surface area contributed by atoms with E-state index in [-0.39, 0.29) is 23.8 Å². The molecule has 3 nitrogen and oxygen atoms in total. The smallest absolute Gasteiger partial charge is 0.234 e. The second-order valence-electron chi connectivity index (χ2n) is 6.33. The highest BCUT2D eigenvalue weighted by molar-refractivity contribution is 5.78. The third kappa shape index (κ3) is 5.46. The molecule has 0 aliphatic heterocycles. The molecule has 1 N–H and O–H groups in total. The minimum atomic E-state index is -0.272. The van der Waals surface area contributed by atoms with Gasteiger partial charge in [0.05, 0.1) is 12.6 Å². The lowest BCUT2D eigenvalue weighted by atomic mass is 10.1. The van der Waals surface area contributed by atoms with Crippen LogP contribution in [0.4, 0.5) is 4.39 Å². The Balaban J connectivity index is 1.94. The minimum absolute atomic E-state index is 0.0311. The Hall–Kier alpha value is -2.20. The van der Waals surface area contributed by atoms with Crippen molar-refractivity contribution in [2.75, 3.05) is 6.54 Å². The average molecular weight is 328 g/mol. The van der Waals surface area contributed by atoms with Crippen molar-refractivity contribution in [3.8, 4) is 0 Å². The van der Waals surface area contributed by atoms with Gasteiger partial charge in [0, 0.05) is 12.6 Å². The molecule has 0 saturated carbocycles. The van der Waals surface area contributed by atoms with Crippen molar-refractivity contribution in [1.82, 2.24) is 10.2 Å². The van der Waals surface area contributed by atoms with E-state index in [2.05, 4.69) is 36.2 Å². The maximum absolute atomic E-state index is 13.0. The van der Waals surface area contributed by atoms with Crippen molar-refractivity contribution in [3.63, 3.8) is 0 Å². The number of benzene rings is 2. The second-order valence-corrected chi connectivity index (χ2v) is 6.33. The first-order chi connectivity index (χ1) is 11.5. The summed E-state index contributed by atoms with van der Waals surface area (Å²) in [5.41, 5.74) is 2.08. The fraction of sp³-hybridized carbons (Fsp3) is 0.350. The van der Waals surface area contributed by atoms with Crippen LogP contribution >= 0.6 is 0 Å². The molecule has 0 spiro atoms. The quantitative estimate of drug-likeness (QED) is 0.836. The summed E-state index contributed by atoms with van der Waals surface area (Å²) in [6.07, 6.45) is 0. The Morgan fingerprint density at radius 2 is 1.67 bits per heavy atom. The first kappa shape index (κ1) is 18.1. The first-order valence-corrected chi connectivity index (χ1v) is 8.28. The van der Waals surface area contributed by atoms with Gasteiger partial charge in [-0.15, -0.1) is 0 Å². The fourth-order valence-corrected chi connectivity index (χ4v) is 2.55. The van der Waals surface area contributed by atoms with Crippen molar-refractivity contribution < 1.29 is 9.18 Å². The summed E-state index contributed by atoms with van der Waals surface area (Å²) in [4.78, 5) is 14.5. The highest BCUT2D eigenvalue weighted by Crippen LogP contribution is 2.13. The monoisotopic (exact) mass is 328 g/mol. The summed E-state index contributed by atoms with van der Waals surface area (Å²) >= 11 is 0. The Morgan fingerprint density at radius 1 is 1.04 bits per heavy atom. The van der Waals surface area contributed by atoms with Crippen LogP contribution in [0.5, 0.6) is 0 Å². The van der Waals surface area contributed by atoms with Gasteiger partial charge in [-0.25, -0.2) is 4.39 Å². The maximum atomic E-state index is 13.0. The van der Waals surface area contributed by atoms with E-state index in [1.807, 2.05) is 25.1 Å². The lowest BCUT2D eigenvalue weighted by molar-refractivity contribution is -0.123. The molecule has 0 aromatic heterocycles. The largest absolute Gasteiger partial charge is 0.348 e. The van der Waals surface area contributed by atoms with Crippen LogP contribution in [0.1, 0.15) is 37.9 Å². The summed E-state index contributed by atoms with van der Waals surface area (Å²) < 4.78 is 13.0. The van der Waals surface area contributed by atoms with Gasteiger partial charge in [0.25, 0.3) is 0 Å². The molecule has 0 aliphatic rings. The predicted molar refractivity (Wildman–Crippen MR) is 94.9 cm³/mol. The molecule has 0 fully saturated rings. The number of halogens is 1. The molecule has 1 unspecified atom stereocenters. The second kappa shape index (κ2) is 8.60. The molecule has 2 aromatic carbocycles. The van der Waals surface area contributed by atoms with Gasteiger partial charge in [-0.3, -0.25) is 9.69 Å². The number of carbonyl (C=O) groups excluding carboxylic acids is 1. The van der Waals surface area contributed by atoms with Crippen LogP contribution in [-0.4, -0.2) is 23.4 Å². The van der Waals surface area contributed by atoms with Crippen LogP contribution in [0.3, 0.4) is 0 Å². The lowest BCUT2D eigenvalue weighted by Crippen LogP contribution is -2.41. The van der Waals surface area contributed by atoms with Crippen molar-refractivity contribution in [1.29, 1.82) is 0 Å². The summed E-state index contributed by atoms with van der Waals surface area (Å²) in [6, 6.07) is 16.5. The van der Waals surface area contributed by atoms with E-state index in [1.165, 1.54) is 17.7 Å².